The fourth-order valence-corrected chi connectivity index (χ4v) is 1.33. The lowest BCUT2D eigenvalue weighted by atomic mass is 9.94. The summed E-state index contributed by atoms with van der Waals surface area (Å²) >= 11 is 0. The molecule has 1 aromatic carbocycles. The van der Waals surface area contributed by atoms with E-state index in [1.165, 1.54) is 12.5 Å². The van der Waals surface area contributed by atoms with Crippen molar-refractivity contribution in [2.45, 2.75) is 26.3 Å². The van der Waals surface area contributed by atoms with E-state index in [-0.39, 0.29) is 17.7 Å². The van der Waals surface area contributed by atoms with Gasteiger partial charge in [0.25, 0.3) is 0 Å². The van der Waals surface area contributed by atoms with Gasteiger partial charge in [0, 0.05) is 17.7 Å². The molecule has 0 radical (unpaired) electrons. The molecular weight excluding hydrogens is 242 g/mol. The maximum atomic E-state index is 9.60. The minimum Gasteiger partial charge on any atom is -0.478 e. The predicted molar refractivity (Wildman–Crippen MR) is 77.0 cm³/mol. The molecule has 0 amide bonds. The third kappa shape index (κ3) is 7.39. The first kappa shape index (κ1) is 17.4. The van der Waals surface area contributed by atoms with E-state index in [2.05, 4.69) is 37.9 Å². The third-order valence-electron chi connectivity index (χ3n) is 2.54. The topological polar surface area (TPSA) is 69.6 Å². The summed E-state index contributed by atoms with van der Waals surface area (Å²) in [5.74, 6) is -0.935. The predicted octanol–water partition coefficient (Wildman–Crippen LogP) is 2.15. The number of hydrogen-bond acceptors (Lipinski definition) is 3. The number of rotatable bonds is 5. The number of carboxylic acid groups (broad SMARTS) is 1. The Balaban J connectivity index is 0.000000459. The summed E-state index contributed by atoms with van der Waals surface area (Å²) in [4.78, 5) is 9.60. The van der Waals surface area contributed by atoms with Gasteiger partial charge in [0.1, 0.15) is 0 Å². The number of hydrogen-bond donors (Lipinski definition) is 3. The molecule has 0 bridgehead atoms. The smallest absolute Gasteiger partial charge is 0.330 e. The van der Waals surface area contributed by atoms with E-state index in [1.54, 1.807) is 0 Å². The number of nitrogens with one attached hydrogen (secondary N) is 1. The fourth-order valence-electron chi connectivity index (χ4n) is 1.33. The molecule has 0 aliphatic carbocycles. The van der Waals surface area contributed by atoms with E-state index in [0.29, 0.717) is 6.54 Å². The molecule has 0 heterocycles. The normalized spacial score (nSPS) is 10.3. The van der Waals surface area contributed by atoms with Crippen molar-refractivity contribution < 1.29 is 15.0 Å². The molecule has 0 aliphatic rings. The monoisotopic (exact) mass is 265 g/mol. The molecule has 19 heavy (non-hydrogen) atoms. The highest BCUT2D eigenvalue weighted by molar-refractivity contribution is 5.84. The molecular formula is C15H23NO3. The van der Waals surface area contributed by atoms with Crippen molar-refractivity contribution in [3.05, 3.63) is 48.0 Å². The van der Waals surface area contributed by atoms with Crippen LogP contribution in [0.1, 0.15) is 26.3 Å². The van der Waals surface area contributed by atoms with Crippen molar-refractivity contribution in [3.8, 4) is 0 Å². The minimum atomic E-state index is -0.935. The zero-order valence-corrected chi connectivity index (χ0v) is 11.8. The molecule has 0 saturated heterocycles. The van der Waals surface area contributed by atoms with Gasteiger partial charge in [-0.2, -0.15) is 0 Å². The van der Waals surface area contributed by atoms with Gasteiger partial charge in [-0.15, -0.1) is 0 Å². The lowest BCUT2D eigenvalue weighted by Crippen LogP contribution is -2.38. The average Bonchev–Trinajstić information content (AvgIpc) is 2.38. The quantitative estimate of drug-likeness (QED) is 0.713. The van der Waals surface area contributed by atoms with Crippen LogP contribution in [0.4, 0.5) is 0 Å². The van der Waals surface area contributed by atoms with Crippen molar-refractivity contribution in [1.29, 1.82) is 0 Å². The van der Waals surface area contributed by atoms with Gasteiger partial charge in [0.2, 0.25) is 0 Å². The highest BCUT2D eigenvalue weighted by Crippen LogP contribution is 2.18. The molecule has 0 aliphatic heterocycles. The summed E-state index contributed by atoms with van der Waals surface area (Å²) in [5, 5.41) is 19.9. The standard InChI is InChI=1S/C11H17NO.C4H6O2/c1-11(2,12-8-9-13)10-6-4-3-5-7-10;1-3(2)4(5)6/h3-7,12-13H,8-9H2,1-2H3;1H2,2H3,(H,5,6). The van der Waals surface area contributed by atoms with Crippen LogP contribution in [0.3, 0.4) is 0 Å². The third-order valence-corrected chi connectivity index (χ3v) is 2.54. The van der Waals surface area contributed by atoms with E-state index >= 15 is 0 Å². The lowest BCUT2D eigenvalue weighted by molar-refractivity contribution is -0.132. The molecule has 0 spiro atoms. The summed E-state index contributed by atoms with van der Waals surface area (Å²) in [6.07, 6.45) is 0. The molecule has 0 saturated carbocycles. The number of benzene rings is 1. The van der Waals surface area contributed by atoms with Crippen LogP contribution in [0.15, 0.2) is 42.5 Å². The first-order chi connectivity index (χ1) is 8.81. The minimum absolute atomic E-state index is 0.0655. The fraction of sp³-hybridized carbons (Fsp3) is 0.400. The summed E-state index contributed by atoms with van der Waals surface area (Å²) in [7, 11) is 0. The van der Waals surface area contributed by atoms with Gasteiger partial charge in [0.15, 0.2) is 0 Å². The molecule has 4 nitrogen and oxygen atoms in total. The maximum absolute atomic E-state index is 9.60. The molecule has 0 aromatic heterocycles. The zero-order valence-electron chi connectivity index (χ0n) is 11.8. The molecule has 0 unspecified atom stereocenters. The largest absolute Gasteiger partial charge is 0.478 e. The number of aliphatic carboxylic acids is 1. The Kier molecular flexibility index (Phi) is 7.72. The van der Waals surface area contributed by atoms with Crippen LogP contribution in [0.25, 0.3) is 0 Å². The van der Waals surface area contributed by atoms with Crippen molar-refractivity contribution in [2.75, 3.05) is 13.2 Å². The second-order valence-corrected chi connectivity index (χ2v) is 4.73. The van der Waals surface area contributed by atoms with E-state index in [1.807, 2.05) is 18.2 Å². The van der Waals surface area contributed by atoms with E-state index in [4.69, 9.17) is 10.2 Å². The Morgan fingerprint density at radius 1 is 1.32 bits per heavy atom. The van der Waals surface area contributed by atoms with Crippen LogP contribution in [0, 0.1) is 0 Å². The van der Waals surface area contributed by atoms with Crippen LogP contribution in [-0.4, -0.2) is 29.3 Å². The van der Waals surface area contributed by atoms with Crippen LogP contribution in [0.5, 0.6) is 0 Å². The Morgan fingerprint density at radius 2 is 1.79 bits per heavy atom. The summed E-state index contributed by atoms with van der Waals surface area (Å²) in [5.41, 5.74) is 1.35. The number of carbonyl (C=O) groups is 1. The van der Waals surface area contributed by atoms with Crippen molar-refractivity contribution in [2.24, 2.45) is 0 Å². The SMILES string of the molecule is C=C(C)C(=O)O.CC(C)(NCCO)c1ccccc1. The van der Waals surface area contributed by atoms with Gasteiger partial charge in [-0.05, 0) is 26.3 Å². The molecule has 1 rings (SSSR count). The Morgan fingerprint density at radius 3 is 2.16 bits per heavy atom. The lowest BCUT2D eigenvalue weighted by Gasteiger charge is -2.26. The van der Waals surface area contributed by atoms with Crippen LogP contribution < -0.4 is 5.32 Å². The van der Waals surface area contributed by atoms with E-state index < -0.39 is 5.97 Å². The molecule has 3 N–H and O–H groups in total. The van der Waals surface area contributed by atoms with Gasteiger partial charge in [-0.25, -0.2) is 4.79 Å². The van der Waals surface area contributed by atoms with Gasteiger partial charge >= 0.3 is 5.97 Å². The maximum Gasteiger partial charge on any atom is 0.330 e. The van der Waals surface area contributed by atoms with Crippen LogP contribution >= 0.6 is 0 Å². The zero-order chi connectivity index (χ0) is 14.9. The number of aliphatic hydroxyl groups excluding tert-OH is 1. The summed E-state index contributed by atoms with van der Waals surface area (Å²) in [6, 6.07) is 10.2. The first-order valence-electron chi connectivity index (χ1n) is 6.11. The second-order valence-electron chi connectivity index (χ2n) is 4.73. The van der Waals surface area contributed by atoms with E-state index in [0.717, 1.165) is 0 Å². The van der Waals surface area contributed by atoms with Crippen LogP contribution in [0.2, 0.25) is 0 Å². The second kappa shape index (κ2) is 8.45. The Hall–Kier alpha value is -1.65. The summed E-state index contributed by atoms with van der Waals surface area (Å²) < 4.78 is 0. The molecule has 106 valence electrons. The first-order valence-corrected chi connectivity index (χ1v) is 6.11. The van der Waals surface area contributed by atoms with Crippen molar-refractivity contribution >= 4 is 5.97 Å². The summed E-state index contributed by atoms with van der Waals surface area (Å²) in [6.45, 7) is 9.62. The number of carboxylic acids is 1. The molecule has 0 atom stereocenters. The highest BCUT2D eigenvalue weighted by Gasteiger charge is 2.17. The molecule has 4 heteroatoms. The number of aliphatic hydroxyl groups is 1. The van der Waals surface area contributed by atoms with Gasteiger partial charge in [0.05, 0.1) is 6.61 Å². The Labute approximate surface area is 114 Å². The van der Waals surface area contributed by atoms with Crippen molar-refractivity contribution in [1.82, 2.24) is 5.32 Å². The van der Waals surface area contributed by atoms with Gasteiger partial charge in [-0.3, -0.25) is 0 Å². The van der Waals surface area contributed by atoms with Crippen LogP contribution in [-0.2, 0) is 10.3 Å². The van der Waals surface area contributed by atoms with Gasteiger partial charge < -0.3 is 15.5 Å². The molecule has 0 fully saturated rings. The van der Waals surface area contributed by atoms with E-state index in [9.17, 15) is 4.79 Å². The van der Waals surface area contributed by atoms with Crippen molar-refractivity contribution in [3.63, 3.8) is 0 Å². The highest BCUT2D eigenvalue weighted by atomic mass is 16.4. The molecule has 1 aromatic rings. The van der Waals surface area contributed by atoms with Gasteiger partial charge in [-0.1, -0.05) is 36.9 Å². The Bertz CT molecular complexity index is 387. The average molecular weight is 265 g/mol.